The van der Waals surface area contributed by atoms with Crippen molar-refractivity contribution in [3.63, 3.8) is 0 Å². The Bertz CT molecular complexity index is 709. The number of carbonyl (C=O) groups excluding carboxylic acids is 1. The minimum atomic E-state index is -0.276. The highest BCUT2D eigenvalue weighted by molar-refractivity contribution is 5.89. The molecule has 0 saturated carbocycles. The molecule has 0 aliphatic heterocycles. The van der Waals surface area contributed by atoms with E-state index in [1.54, 1.807) is 12.1 Å². The van der Waals surface area contributed by atoms with Crippen LogP contribution in [-0.4, -0.2) is 18.2 Å². The molecule has 0 N–H and O–H groups in total. The molecule has 3 heteroatoms. The maximum absolute atomic E-state index is 12.4. The van der Waals surface area contributed by atoms with E-state index in [0.717, 1.165) is 5.56 Å². The molecule has 4 atom stereocenters. The zero-order chi connectivity index (χ0) is 17.6. The molecule has 0 amide bonds. The minimum Gasteiger partial charge on any atom is -0.458 e. The molecule has 2 aromatic rings. The van der Waals surface area contributed by atoms with Crippen molar-refractivity contribution in [2.45, 2.75) is 32.7 Å². The first kappa shape index (κ1) is 17.4. The number of carbonyl (C=O) groups is 1. The molecule has 1 aliphatic rings. The quantitative estimate of drug-likeness (QED) is 0.589. The fourth-order valence-electron chi connectivity index (χ4n) is 3.19. The van der Waals surface area contributed by atoms with Gasteiger partial charge in [0.15, 0.2) is 0 Å². The number of hydrogen-bond acceptors (Lipinski definition) is 3. The molecule has 2 aromatic carbocycles. The summed E-state index contributed by atoms with van der Waals surface area (Å²) in [6.07, 6.45) is 3.91. The van der Waals surface area contributed by atoms with Gasteiger partial charge in [-0.2, -0.15) is 0 Å². The molecule has 0 fully saturated rings. The van der Waals surface area contributed by atoms with Gasteiger partial charge in [-0.1, -0.05) is 74.5 Å². The van der Waals surface area contributed by atoms with Gasteiger partial charge in [0.05, 0.1) is 18.3 Å². The van der Waals surface area contributed by atoms with E-state index in [4.69, 9.17) is 9.47 Å². The Kier molecular flexibility index (Phi) is 5.67. The molecule has 3 nitrogen and oxygen atoms in total. The molecule has 0 radical (unpaired) electrons. The maximum Gasteiger partial charge on any atom is 0.338 e. The molecule has 130 valence electrons. The van der Waals surface area contributed by atoms with Crippen LogP contribution in [0.1, 0.15) is 29.8 Å². The second-order valence-corrected chi connectivity index (χ2v) is 6.60. The second kappa shape index (κ2) is 8.13. The van der Waals surface area contributed by atoms with Gasteiger partial charge in [0.1, 0.15) is 6.10 Å². The topological polar surface area (TPSA) is 35.5 Å². The van der Waals surface area contributed by atoms with E-state index in [0.29, 0.717) is 12.2 Å². The fraction of sp³-hybridized carbons (Fsp3) is 0.318. The predicted octanol–water partition coefficient (Wildman–Crippen LogP) is 4.64. The van der Waals surface area contributed by atoms with Crippen molar-refractivity contribution in [2.24, 2.45) is 11.8 Å². The van der Waals surface area contributed by atoms with Gasteiger partial charge in [-0.25, -0.2) is 4.79 Å². The van der Waals surface area contributed by atoms with Crippen LogP contribution in [-0.2, 0) is 16.1 Å². The first-order valence-corrected chi connectivity index (χ1v) is 8.75. The van der Waals surface area contributed by atoms with E-state index >= 15 is 0 Å². The summed E-state index contributed by atoms with van der Waals surface area (Å²) in [7, 11) is 0. The lowest BCUT2D eigenvalue weighted by molar-refractivity contribution is -0.0481. The van der Waals surface area contributed by atoms with Crippen molar-refractivity contribution >= 4 is 5.97 Å². The monoisotopic (exact) mass is 336 g/mol. The number of hydrogen-bond donors (Lipinski definition) is 0. The molecule has 25 heavy (non-hydrogen) atoms. The SMILES string of the molecule is C[C@H]1[C@@H](OC(=O)c2ccccc2)[C@@H](C)C=C[C@H]1OCc1ccccc1. The van der Waals surface area contributed by atoms with Crippen molar-refractivity contribution in [1.82, 2.24) is 0 Å². The van der Waals surface area contributed by atoms with Gasteiger partial charge in [0.25, 0.3) is 0 Å². The lowest BCUT2D eigenvalue weighted by Gasteiger charge is -2.35. The highest BCUT2D eigenvalue weighted by Gasteiger charge is 2.35. The Morgan fingerprint density at radius 1 is 0.920 bits per heavy atom. The van der Waals surface area contributed by atoms with Gasteiger partial charge in [-0.15, -0.1) is 0 Å². The van der Waals surface area contributed by atoms with Crippen molar-refractivity contribution in [1.29, 1.82) is 0 Å². The van der Waals surface area contributed by atoms with E-state index < -0.39 is 0 Å². The first-order chi connectivity index (χ1) is 12.1. The molecule has 1 aliphatic carbocycles. The van der Waals surface area contributed by atoms with Crippen LogP contribution >= 0.6 is 0 Å². The molecular weight excluding hydrogens is 312 g/mol. The molecule has 0 aromatic heterocycles. The summed E-state index contributed by atoms with van der Waals surface area (Å²) >= 11 is 0. The summed E-state index contributed by atoms with van der Waals surface area (Å²) in [5.41, 5.74) is 1.72. The smallest absolute Gasteiger partial charge is 0.338 e. The summed E-state index contributed by atoms with van der Waals surface area (Å²) in [6, 6.07) is 19.2. The molecule has 0 saturated heterocycles. The fourth-order valence-corrected chi connectivity index (χ4v) is 3.19. The highest BCUT2D eigenvalue weighted by atomic mass is 16.5. The average molecular weight is 336 g/mol. The third kappa shape index (κ3) is 4.37. The van der Waals surface area contributed by atoms with Crippen molar-refractivity contribution < 1.29 is 14.3 Å². The summed E-state index contributed by atoms with van der Waals surface area (Å²) < 4.78 is 11.9. The Balaban J connectivity index is 1.64. The largest absolute Gasteiger partial charge is 0.458 e. The maximum atomic E-state index is 12.4. The van der Waals surface area contributed by atoms with Gasteiger partial charge in [0, 0.05) is 11.8 Å². The van der Waals surface area contributed by atoms with Crippen LogP contribution in [0.25, 0.3) is 0 Å². The Morgan fingerprint density at radius 3 is 2.24 bits per heavy atom. The van der Waals surface area contributed by atoms with E-state index in [1.807, 2.05) is 48.5 Å². The van der Waals surface area contributed by atoms with E-state index in [2.05, 4.69) is 26.0 Å². The number of esters is 1. The Labute approximate surface area is 149 Å². The van der Waals surface area contributed by atoms with Crippen LogP contribution in [0.2, 0.25) is 0 Å². The van der Waals surface area contributed by atoms with Crippen molar-refractivity contribution in [3.8, 4) is 0 Å². The molecule has 0 spiro atoms. The van der Waals surface area contributed by atoms with E-state index in [9.17, 15) is 4.79 Å². The third-order valence-corrected chi connectivity index (χ3v) is 4.70. The van der Waals surface area contributed by atoms with Crippen molar-refractivity contribution in [3.05, 3.63) is 83.9 Å². The minimum absolute atomic E-state index is 0.0648. The number of rotatable bonds is 5. The third-order valence-electron chi connectivity index (χ3n) is 4.70. The zero-order valence-electron chi connectivity index (χ0n) is 14.7. The second-order valence-electron chi connectivity index (χ2n) is 6.60. The summed E-state index contributed by atoms with van der Waals surface area (Å²) in [5.74, 6) is -0.0166. The van der Waals surface area contributed by atoms with Crippen LogP contribution < -0.4 is 0 Å². The molecule has 0 bridgehead atoms. The van der Waals surface area contributed by atoms with Gasteiger partial charge in [0.2, 0.25) is 0 Å². The Morgan fingerprint density at radius 2 is 1.56 bits per heavy atom. The summed E-state index contributed by atoms with van der Waals surface area (Å²) in [6.45, 7) is 4.70. The number of benzene rings is 2. The normalized spacial score (nSPS) is 25.5. The standard InChI is InChI=1S/C22H24O3/c1-16-13-14-20(24-15-18-9-5-3-6-10-18)17(2)21(16)25-22(23)19-11-7-4-8-12-19/h3-14,16-17,20-21H,15H2,1-2H3/t16-,17+,20+,21-/m0/s1. The van der Waals surface area contributed by atoms with E-state index in [1.165, 1.54) is 0 Å². The lowest BCUT2D eigenvalue weighted by Crippen LogP contribution is -2.40. The van der Waals surface area contributed by atoms with Crippen LogP contribution in [0.15, 0.2) is 72.8 Å². The molecule has 0 unspecified atom stereocenters. The molecule has 0 heterocycles. The van der Waals surface area contributed by atoms with Gasteiger partial charge >= 0.3 is 5.97 Å². The van der Waals surface area contributed by atoms with Gasteiger partial charge < -0.3 is 9.47 Å². The van der Waals surface area contributed by atoms with Crippen LogP contribution in [0.3, 0.4) is 0 Å². The van der Waals surface area contributed by atoms with Crippen LogP contribution in [0, 0.1) is 11.8 Å². The summed E-state index contributed by atoms with van der Waals surface area (Å²) in [4.78, 5) is 12.4. The first-order valence-electron chi connectivity index (χ1n) is 8.75. The highest BCUT2D eigenvalue weighted by Crippen LogP contribution is 2.30. The van der Waals surface area contributed by atoms with Crippen LogP contribution in [0.5, 0.6) is 0 Å². The van der Waals surface area contributed by atoms with Crippen LogP contribution in [0.4, 0.5) is 0 Å². The van der Waals surface area contributed by atoms with Gasteiger partial charge in [-0.3, -0.25) is 0 Å². The molecular formula is C22H24O3. The number of ether oxygens (including phenoxy) is 2. The summed E-state index contributed by atoms with van der Waals surface area (Å²) in [5, 5.41) is 0. The average Bonchev–Trinajstić information content (AvgIpc) is 2.66. The van der Waals surface area contributed by atoms with Gasteiger partial charge in [-0.05, 0) is 17.7 Å². The molecule has 3 rings (SSSR count). The van der Waals surface area contributed by atoms with E-state index in [-0.39, 0.29) is 30.0 Å². The Hall–Kier alpha value is -2.39. The lowest BCUT2D eigenvalue weighted by atomic mass is 9.83. The van der Waals surface area contributed by atoms with Crippen molar-refractivity contribution in [2.75, 3.05) is 0 Å². The predicted molar refractivity (Wildman–Crippen MR) is 98.1 cm³/mol. The zero-order valence-corrected chi connectivity index (χ0v) is 14.7.